The number of fused-ring (bicyclic) bond motifs is 2. The molecule has 1 radical (unpaired) electrons. The minimum atomic E-state index is 0. The van der Waals surface area contributed by atoms with Crippen LogP contribution in [0.1, 0.15) is 61.9 Å². The van der Waals surface area contributed by atoms with Crippen molar-refractivity contribution < 1.29 is 25.2 Å². The number of para-hydroxylation sites is 3. The van der Waals surface area contributed by atoms with E-state index in [0.29, 0.717) is 5.92 Å². The number of aryl methyl sites for hydroxylation is 3. The molecule has 42 heavy (non-hydrogen) atoms. The van der Waals surface area contributed by atoms with Crippen molar-refractivity contribution in [3.63, 3.8) is 0 Å². The summed E-state index contributed by atoms with van der Waals surface area (Å²) in [5.74, 6) is 1.61. The fourth-order valence-electron chi connectivity index (χ4n) is 5.41. The van der Waals surface area contributed by atoms with Gasteiger partial charge in [-0.25, -0.2) is 4.98 Å². The standard InChI is InChI=1S/C21H22N.C16H16N2O.Ir/c1-13(2)17-6-7-19-20(11-17)16(5)12-22-21(19)18-9-14(3)8-15(4)10-18;1-11(2)18-14-9-5-4-8-13(14)17-16(18)12-7-3-6-10-15(12)19;/h6-9,11-13H,1-5H3;3-11,19H,1-2H3;/q-1;;. The van der Waals surface area contributed by atoms with E-state index >= 15 is 0 Å². The van der Waals surface area contributed by atoms with Crippen LogP contribution in [0, 0.1) is 26.8 Å². The van der Waals surface area contributed by atoms with Crippen LogP contribution in [-0.2, 0) is 20.1 Å². The van der Waals surface area contributed by atoms with Gasteiger partial charge in [0.1, 0.15) is 11.6 Å². The predicted octanol–water partition coefficient (Wildman–Crippen LogP) is 9.74. The largest absolute Gasteiger partial charge is 0.507 e. The maximum absolute atomic E-state index is 10.0. The maximum Gasteiger partial charge on any atom is 0.145 e. The number of hydrogen-bond acceptors (Lipinski definition) is 3. The minimum Gasteiger partial charge on any atom is -0.507 e. The van der Waals surface area contributed by atoms with Crippen molar-refractivity contribution in [3.05, 3.63) is 113 Å². The number of hydrogen-bond donors (Lipinski definition) is 1. The van der Waals surface area contributed by atoms with Gasteiger partial charge in [0.15, 0.2) is 0 Å². The van der Waals surface area contributed by atoms with E-state index in [2.05, 4.69) is 100 Å². The molecule has 5 heteroatoms. The third-order valence-electron chi connectivity index (χ3n) is 7.44. The van der Waals surface area contributed by atoms with Gasteiger partial charge in [-0.2, -0.15) is 0 Å². The first-order valence-electron chi connectivity index (χ1n) is 14.3. The van der Waals surface area contributed by atoms with E-state index in [9.17, 15) is 5.11 Å². The Balaban J connectivity index is 0.000000190. The van der Waals surface area contributed by atoms with Gasteiger partial charge in [-0.3, -0.25) is 0 Å². The number of benzene rings is 4. The van der Waals surface area contributed by atoms with Gasteiger partial charge in [-0.1, -0.05) is 70.2 Å². The van der Waals surface area contributed by atoms with E-state index in [4.69, 9.17) is 4.98 Å². The monoisotopic (exact) mass is 733 g/mol. The minimum absolute atomic E-state index is 0. The molecular formula is C37H38IrN3O-. The van der Waals surface area contributed by atoms with E-state index in [1.54, 1.807) is 6.07 Å². The SMILES string of the molecule is CC(C)n1c(-c2ccccc2O)nc2ccccc21.Cc1[c-]c(-c2ncc(C)c3cc(C(C)C)ccc23)cc(C)c1.[Ir]. The van der Waals surface area contributed by atoms with Crippen molar-refractivity contribution in [2.45, 2.75) is 60.4 Å². The molecule has 0 unspecified atom stereocenters. The van der Waals surface area contributed by atoms with Crippen molar-refractivity contribution in [1.82, 2.24) is 14.5 Å². The molecule has 6 aromatic rings. The summed E-state index contributed by atoms with van der Waals surface area (Å²) in [6.45, 7) is 15.1. The topological polar surface area (TPSA) is 50.9 Å². The Labute approximate surface area is 262 Å². The van der Waals surface area contributed by atoms with Crippen molar-refractivity contribution in [3.8, 4) is 28.4 Å². The molecule has 4 aromatic carbocycles. The van der Waals surface area contributed by atoms with Crippen molar-refractivity contribution in [2.24, 2.45) is 0 Å². The van der Waals surface area contributed by atoms with Crippen LogP contribution in [0.3, 0.4) is 0 Å². The molecule has 6 rings (SSSR count). The number of rotatable bonds is 4. The number of phenolic OH excluding ortho intramolecular Hbond substituents is 1. The van der Waals surface area contributed by atoms with Crippen LogP contribution in [0.15, 0.2) is 85.1 Å². The summed E-state index contributed by atoms with van der Waals surface area (Å²) in [7, 11) is 0. The smallest absolute Gasteiger partial charge is 0.145 e. The Morgan fingerprint density at radius 2 is 1.52 bits per heavy atom. The molecular weight excluding hydrogens is 695 g/mol. The number of nitrogens with zero attached hydrogens (tertiary/aromatic N) is 3. The number of aromatic hydroxyl groups is 1. The van der Waals surface area contributed by atoms with Gasteiger partial charge < -0.3 is 14.7 Å². The summed E-state index contributed by atoms with van der Waals surface area (Å²) in [6, 6.07) is 30.2. The Bertz CT molecular complexity index is 1830. The molecule has 0 atom stereocenters. The van der Waals surface area contributed by atoms with E-state index in [1.807, 2.05) is 42.6 Å². The van der Waals surface area contributed by atoms with Crippen molar-refractivity contribution in [1.29, 1.82) is 0 Å². The summed E-state index contributed by atoms with van der Waals surface area (Å²) in [5, 5.41) is 12.6. The molecule has 0 saturated carbocycles. The van der Waals surface area contributed by atoms with Crippen LogP contribution in [0.2, 0.25) is 0 Å². The number of pyridine rings is 1. The van der Waals surface area contributed by atoms with Gasteiger partial charge in [0, 0.05) is 32.3 Å². The molecule has 0 bridgehead atoms. The summed E-state index contributed by atoms with van der Waals surface area (Å²) < 4.78 is 2.16. The summed E-state index contributed by atoms with van der Waals surface area (Å²) in [6.07, 6.45) is 1.98. The molecule has 1 N–H and O–H groups in total. The van der Waals surface area contributed by atoms with Crippen molar-refractivity contribution >= 4 is 21.8 Å². The van der Waals surface area contributed by atoms with Crippen LogP contribution >= 0.6 is 0 Å². The normalized spacial score (nSPS) is 11.1. The second-order valence-corrected chi connectivity index (χ2v) is 11.4. The van der Waals surface area contributed by atoms with Gasteiger partial charge in [-0.05, 0) is 78.5 Å². The Kier molecular flexibility index (Phi) is 9.66. The second kappa shape index (κ2) is 13.0. The average Bonchev–Trinajstić information content (AvgIpc) is 3.33. The summed E-state index contributed by atoms with van der Waals surface area (Å²) in [4.78, 5) is 9.37. The average molecular weight is 733 g/mol. The summed E-state index contributed by atoms with van der Waals surface area (Å²) in [5.41, 5.74) is 9.94. The number of aromatic nitrogens is 3. The molecule has 2 heterocycles. The zero-order valence-electron chi connectivity index (χ0n) is 25.4. The van der Waals surface area contributed by atoms with Gasteiger partial charge in [0.2, 0.25) is 0 Å². The molecule has 0 aliphatic heterocycles. The van der Waals surface area contributed by atoms with Gasteiger partial charge in [0.05, 0.1) is 16.6 Å². The van der Waals surface area contributed by atoms with E-state index in [0.717, 1.165) is 39.2 Å². The molecule has 4 nitrogen and oxygen atoms in total. The van der Waals surface area contributed by atoms with Crippen LogP contribution in [0.4, 0.5) is 0 Å². The molecule has 0 aliphatic rings. The Morgan fingerprint density at radius 1 is 0.810 bits per heavy atom. The third-order valence-corrected chi connectivity index (χ3v) is 7.44. The first-order chi connectivity index (χ1) is 19.6. The Morgan fingerprint density at radius 3 is 2.21 bits per heavy atom. The van der Waals surface area contributed by atoms with Gasteiger partial charge in [0.25, 0.3) is 0 Å². The van der Waals surface area contributed by atoms with Crippen molar-refractivity contribution in [2.75, 3.05) is 0 Å². The third kappa shape index (κ3) is 6.33. The predicted molar refractivity (Wildman–Crippen MR) is 172 cm³/mol. The van der Waals surface area contributed by atoms with Gasteiger partial charge >= 0.3 is 0 Å². The van der Waals surface area contributed by atoms with E-state index < -0.39 is 0 Å². The quantitative estimate of drug-likeness (QED) is 0.184. The molecule has 0 aliphatic carbocycles. The maximum atomic E-state index is 10.0. The number of phenols is 1. The van der Waals surface area contributed by atoms with E-state index in [1.165, 1.54) is 27.5 Å². The Hall–Kier alpha value is -3.79. The molecule has 2 aromatic heterocycles. The number of imidazole rings is 1. The van der Waals surface area contributed by atoms with Crippen LogP contribution in [-0.4, -0.2) is 19.6 Å². The molecule has 0 amide bonds. The summed E-state index contributed by atoms with van der Waals surface area (Å²) >= 11 is 0. The van der Waals surface area contributed by atoms with Gasteiger partial charge in [-0.15, -0.1) is 34.9 Å². The molecule has 217 valence electrons. The first-order valence-corrected chi connectivity index (χ1v) is 14.3. The second-order valence-electron chi connectivity index (χ2n) is 11.4. The van der Waals surface area contributed by atoms with Crippen LogP contribution in [0.25, 0.3) is 44.5 Å². The fourth-order valence-corrected chi connectivity index (χ4v) is 5.41. The zero-order valence-corrected chi connectivity index (χ0v) is 27.8. The molecule has 0 fully saturated rings. The molecule has 0 spiro atoms. The first kappa shape index (κ1) is 31.2. The van der Waals surface area contributed by atoms with Crippen LogP contribution < -0.4 is 0 Å². The van der Waals surface area contributed by atoms with E-state index in [-0.39, 0.29) is 31.9 Å². The fraction of sp³-hybridized carbons (Fsp3) is 0.243. The molecule has 0 saturated heterocycles. The van der Waals surface area contributed by atoms with Crippen LogP contribution in [0.5, 0.6) is 5.75 Å². The zero-order chi connectivity index (χ0) is 29.3.